The van der Waals surface area contributed by atoms with E-state index in [0.29, 0.717) is 18.6 Å². The monoisotopic (exact) mass is 197 g/mol. The van der Waals surface area contributed by atoms with Gasteiger partial charge in [-0.2, -0.15) is 5.10 Å². The fraction of sp³-hybridized carbons (Fsp3) is 0.700. The van der Waals surface area contributed by atoms with Gasteiger partial charge in [0.05, 0.1) is 24.5 Å². The Morgan fingerprint density at radius 1 is 1.57 bits per heavy atom. The van der Waals surface area contributed by atoms with Gasteiger partial charge in [-0.1, -0.05) is 13.8 Å². The van der Waals surface area contributed by atoms with Gasteiger partial charge in [0.1, 0.15) is 0 Å². The molecule has 1 aromatic heterocycles. The van der Waals surface area contributed by atoms with E-state index in [1.165, 1.54) is 0 Å². The summed E-state index contributed by atoms with van der Waals surface area (Å²) in [6.45, 7) is 5.06. The molecular formula is C10H19N3O. The SMILES string of the molecule is COCC(Nc1cnn(C)c1)C(C)C. The first-order valence-corrected chi connectivity index (χ1v) is 4.87. The van der Waals surface area contributed by atoms with Gasteiger partial charge in [-0.3, -0.25) is 4.68 Å². The Morgan fingerprint density at radius 2 is 2.29 bits per heavy atom. The molecule has 0 saturated carbocycles. The van der Waals surface area contributed by atoms with Crippen molar-refractivity contribution >= 4 is 5.69 Å². The van der Waals surface area contributed by atoms with Crippen LogP contribution in [-0.4, -0.2) is 29.5 Å². The van der Waals surface area contributed by atoms with Crippen molar-refractivity contribution in [2.75, 3.05) is 19.0 Å². The van der Waals surface area contributed by atoms with E-state index in [2.05, 4.69) is 24.3 Å². The van der Waals surface area contributed by atoms with E-state index in [4.69, 9.17) is 4.74 Å². The highest BCUT2D eigenvalue weighted by molar-refractivity contribution is 5.39. The number of nitrogens with zero attached hydrogens (tertiary/aromatic N) is 2. The van der Waals surface area contributed by atoms with Gasteiger partial charge in [0.25, 0.3) is 0 Å². The fourth-order valence-corrected chi connectivity index (χ4v) is 1.29. The zero-order valence-electron chi connectivity index (χ0n) is 9.32. The molecule has 1 unspecified atom stereocenters. The molecule has 0 amide bonds. The minimum atomic E-state index is 0.337. The zero-order chi connectivity index (χ0) is 10.6. The van der Waals surface area contributed by atoms with Crippen molar-refractivity contribution in [3.8, 4) is 0 Å². The second kappa shape index (κ2) is 5.00. The molecule has 0 saturated heterocycles. The summed E-state index contributed by atoms with van der Waals surface area (Å²) in [6, 6.07) is 0.337. The molecule has 4 nitrogen and oxygen atoms in total. The number of hydrogen-bond donors (Lipinski definition) is 1. The standard InChI is InChI=1S/C10H19N3O/c1-8(2)10(7-14-4)12-9-5-11-13(3)6-9/h5-6,8,10,12H,7H2,1-4H3. The molecule has 1 atom stereocenters. The second-order valence-electron chi connectivity index (χ2n) is 3.85. The van der Waals surface area contributed by atoms with Gasteiger partial charge in [0.2, 0.25) is 0 Å². The maximum absolute atomic E-state index is 5.15. The molecular weight excluding hydrogens is 178 g/mol. The summed E-state index contributed by atoms with van der Waals surface area (Å²) in [5.41, 5.74) is 1.04. The number of anilines is 1. The summed E-state index contributed by atoms with van der Waals surface area (Å²) >= 11 is 0. The summed E-state index contributed by atoms with van der Waals surface area (Å²) in [6.07, 6.45) is 3.79. The zero-order valence-corrected chi connectivity index (χ0v) is 9.32. The van der Waals surface area contributed by atoms with Crippen LogP contribution >= 0.6 is 0 Å². The quantitative estimate of drug-likeness (QED) is 0.777. The third-order valence-electron chi connectivity index (χ3n) is 2.21. The molecule has 0 fully saturated rings. The largest absolute Gasteiger partial charge is 0.383 e. The molecule has 0 aliphatic carbocycles. The second-order valence-corrected chi connectivity index (χ2v) is 3.85. The molecule has 80 valence electrons. The third-order valence-corrected chi connectivity index (χ3v) is 2.21. The lowest BCUT2D eigenvalue weighted by Gasteiger charge is -2.21. The number of nitrogens with one attached hydrogen (secondary N) is 1. The van der Waals surface area contributed by atoms with Crippen molar-refractivity contribution in [3.63, 3.8) is 0 Å². The van der Waals surface area contributed by atoms with Gasteiger partial charge >= 0.3 is 0 Å². The molecule has 0 aromatic carbocycles. The van der Waals surface area contributed by atoms with Crippen LogP contribution in [0.15, 0.2) is 12.4 Å². The number of aryl methyl sites for hydroxylation is 1. The number of ether oxygens (including phenoxy) is 1. The lowest BCUT2D eigenvalue weighted by atomic mass is 10.1. The highest BCUT2D eigenvalue weighted by atomic mass is 16.5. The van der Waals surface area contributed by atoms with Crippen molar-refractivity contribution < 1.29 is 4.74 Å². The molecule has 0 radical (unpaired) electrons. The number of rotatable bonds is 5. The van der Waals surface area contributed by atoms with Gasteiger partial charge < -0.3 is 10.1 Å². The lowest BCUT2D eigenvalue weighted by Crippen LogP contribution is -2.30. The third kappa shape index (κ3) is 3.03. The summed E-state index contributed by atoms with van der Waals surface area (Å²) in [5, 5.41) is 7.49. The molecule has 0 aliphatic rings. The van der Waals surface area contributed by atoms with Gasteiger partial charge in [-0.05, 0) is 5.92 Å². The number of aromatic nitrogens is 2. The van der Waals surface area contributed by atoms with Crippen molar-refractivity contribution in [1.29, 1.82) is 0 Å². The maximum atomic E-state index is 5.15. The molecule has 0 aliphatic heterocycles. The Balaban J connectivity index is 2.55. The van der Waals surface area contributed by atoms with Gasteiger partial charge in [-0.15, -0.1) is 0 Å². The Morgan fingerprint density at radius 3 is 2.71 bits per heavy atom. The molecule has 1 aromatic rings. The maximum Gasteiger partial charge on any atom is 0.0729 e. The average molecular weight is 197 g/mol. The van der Waals surface area contributed by atoms with E-state index in [9.17, 15) is 0 Å². The van der Waals surface area contributed by atoms with Crippen LogP contribution in [0.25, 0.3) is 0 Å². The van der Waals surface area contributed by atoms with Crippen LogP contribution in [0.1, 0.15) is 13.8 Å². The van der Waals surface area contributed by atoms with Crippen LogP contribution < -0.4 is 5.32 Å². The first-order valence-electron chi connectivity index (χ1n) is 4.87. The van der Waals surface area contributed by atoms with Crippen molar-refractivity contribution in [3.05, 3.63) is 12.4 Å². The first kappa shape index (κ1) is 11.0. The summed E-state index contributed by atoms with van der Waals surface area (Å²) < 4.78 is 6.94. The minimum absolute atomic E-state index is 0.337. The Bertz CT molecular complexity index is 270. The van der Waals surface area contributed by atoms with E-state index in [0.717, 1.165) is 5.69 Å². The smallest absolute Gasteiger partial charge is 0.0729 e. The van der Waals surface area contributed by atoms with Gasteiger partial charge in [0, 0.05) is 20.4 Å². The van der Waals surface area contributed by atoms with Crippen LogP contribution in [-0.2, 0) is 11.8 Å². The lowest BCUT2D eigenvalue weighted by molar-refractivity contribution is 0.171. The Kier molecular flexibility index (Phi) is 3.95. The van der Waals surface area contributed by atoms with Crippen molar-refractivity contribution in [2.24, 2.45) is 13.0 Å². The summed E-state index contributed by atoms with van der Waals surface area (Å²) in [4.78, 5) is 0. The topological polar surface area (TPSA) is 39.1 Å². The normalized spacial score (nSPS) is 13.2. The van der Waals surface area contributed by atoms with Crippen LogP contribution in [0.5, 0.6) is 0 Å². The van der Waals surface area contributed by atoms with E-state index in [-0.39, 0.29) is 0 Å². The number of hydrogen-bond acceptors (Lipinski definition) is 3. The van der Waals surface area contributed by atoms with Crippen LogP contribution in [0.3, 0.4) is 0 Å². The minimum Gasteiger partial charge on any atom is -0.383 e. The molecule has 1 rings (SSSR count). The Hall–Kier alpha value is -1.03. The predicted octanol–water partition coefficient (Wildman–Crippen LogP) is 1.50. The van der Waals surface area contributed by atoms with E-state index < -0.39 is 0 Å². The van der Waals surface area contributed by atoms with Gasteiger partial charge in [-0.25, -0.2) is 0 Å². The predicted molar refractivity (Wildman–Crippen MR) is 57.3 cm³/mol. The Labute approximate surface area is 85.3 Å². The number of methoxy groups -OCH3 is 1. The van der Waals surface area contributed by atoms with Crippen LogP contribution in [0.2, 0.25) is 0 Å². The molecule has 14 heavy (non-hydrogen) atoms. The van der Waals surface area contributed by atoms with Crippen LogP contribution in [0.4, 0.5) is 5.69 Å². The van der Waals surface area contributed by atoms with E-state index in [1.54, 1.807) is 11.8 Å². The molecule has 0 spiro atoms. The van der Waals surface area contributed by atoms with Crippen molar-refractivity contribution in [1.82, 2.24) is 9.78 Å². The average Bonchev–Trinajstić information content (AvgIpc) is 2.50. The summed E-state index contributed by atoms with van der Waals surface area (Å²) in [7, 11) is 3.63. The highest BCUT2D eigenvalue weighted by Gasteiger charge is 2.13. The van der Waals surface area contributed by atoms with Crippen molar-refractivity contribution in [2.45, 2.75) is 19.9 Å². The van der Waals surface area contributed by atoms with Gasteiger partial charge in [0.15, 0.2) is 0 Å². The highest BCUT2D eigenvalue weighted by Crippen LogP contribution is 2.11. The van der Waals surface area contributed by atoms with E-state index >= 15 is 0 Å². The van der Waals surface area contributed by atoms with Crippen LogP contribution in [0, 0.1) is 5.92 Å². The molecule has 0 bridgehead atoms. The molecule has 1 N–H and O–H groups in total. The van der Waals surface area contributed by atoms with E-state index in [1.807, 2.05) is 19.4 Å². The summed E-state index contributed by atoms with van der Waals surface area (Å²) in [5.74, 6) is 0.537. The molecule has 4 heteroatoms. The molecule has 1 heterocycles. The fourth-order valence-electron chi connectivity index (χ4n) is 1.29. The first-order chi connectivity index (χ1) is 6.63.